The lowest BCUT2D eigenvalue weighted by atomic mass is 9.97. The van der Waals surface area contributed by atoms with Gasteiger partial charge in [0.1, 0.15) is 5.82 Å². The third-order valence-corrected chi connectivity index (χ3v) is 5.08. The summed E-state index contributed by atoms with van der Waals surface area (Å²) in [7, 11) is 0. The smallest absolute Gasteiger partial charge is 0.222 e. The van der Waals surface area contributed by atoms with Crippen LogP contribution in [-0.2, 0) is 11.3 Å². The lowest BCUT2D eigenvalue weighted by Gasteiger charge is -2.33. The lowest BCUT2D eigenvalue weighted by molar-refractivity contribution is -0.122. The van der Waals surface area contributed by atoms with Crippen LogP contribution in [0.3, 0.4) is 0 Å². The van der Waals surface area contributed by atoms with Crippen LogP contribution in [0.5, 0.6) is 0 Å². The largest absolute Gasteiger partial charge is 0.370 e. The molecule has 25 heavy (non-hydrogen) atoms. The molecule has 2 aliphatic rings. The van der Waals surface area contributed by atoms with Gasteiger partial charge in [0.15, 0.2) is 5.96 Å². The SMILES string of the molecule is NC(=O)C1CCCN(c2ncccc2CN=C(N)N2CCCCC2)C1. The van der Waals surface area contributed by atoms with Gasteiger partial charge in [0, 0.05) is 37.9 Å². The molecule has 0 saturated carbocycles. The Kier molecular flexibility index (Phi) is 5.73. The minimum atomic E-state index is -0.227. The maximum Gasteiger partial charge on any atom is 0.222 e. The van der Waals surface area contributed by atoms with Crippen molar-refractivity contribution in [1.82, 2.24) is 9.88 Å². The maximum atomic E-state index is 11.5. The fourth-order valence-electron chi connectivity index (χ4n) is 3.63. The number of likely N-dealkylation sites (tertiary alicyclic amines) is 1. The van der Waals surface area contributed by atoms with E-state index in [2.05, 4.69) is 19.8 Å². The summed E-state index contributed by atoms with van der Waals surface area (Å²) >= 11 is 0. The van der Waals surface area contributed by atoms with E-state index in [-0.39, 0.29) is 11.8 Å². The number of aliphatic imine (C=N–C) groups is 1. The Bertz CT molecular complexity index is 626. The van der Waals surface area contributed by atoms with E-state index in [9.17, 15) is 4.79 Å². The van der Waals surface area contributed by atoms with Gasteiger partial charge >= 0.3 is 0 Å². The van der Waals surface area contributed by atoms with Gasteiger partial charge in [-0.25, -0.2) is 9.98 Å². The van der Waals surface area contributed by atoms with E-state index in [0.717, 1.165) is 43.9 Å². The fraction of sp³-hybridized carbons (Fsp3) is 0.611. The van der Waals surface area contributed by atoms with E-state index in [4.69, 9.17) is 11.5 Å². The van der Waals surface area contributed by atoms with Gasteiger partial charge in [-0.2, -0.15) is 0 Å². The zero-order valence-corrected chi connectivity index (χ0v) is 14.7. The molecule has 1 unspecified atom stereocenters. The van der Waals surface area contributed by atoms with Crippen LogP contribution < -0.4 is 16.4 Å². The highest BCUT2D eigenvalue weighted by Gasteiger charge is 2.26. The van der Waals surface area contributed by atoms with E-state index < -0.39 is 0 Å². The molecule has 0 bridgehead atoms. The number of rotatable bonds is 4. The third kappa shape index (κ3) is 4.41. The van der Waals surface area contributed by atoms with Crippen molar-refractivity contribution in [3.8, 4) is 0 Å². The molecule has 1 aromatic heterocycles. The molecular weight excluding hydrogens is 316 g/mol. The number of guanidine groups is 1. The van der Waals surface area contributed by atoms with Crippen LogP contribution in [0.25, 0.3) is 0 Å². The normalized spacial score (nSPS) is 22.1. The number of anilines is 1. The van der Waals surface area contributed by atoms with Crippen molar-refractivity contribution in [3.63, 3.8) is 0 Å². The van der Waals surface area contributed by atoms with Gasteiger partial charge in [0.2, 0.25) is 5.91 Å². The fourth-order valence-corrected chi connectivity index (χ4v) is 3.63. The lowest BCUT2D eigenvalue weighted by Crippen LogP contribution is -2.42. The van der Waals surface area contributed by atoms with Crippen molar-refractivity contribution >= 4 is 17.7 Å². The molecule has 2 saturated heterocycles. The molecule has 3 rings (SSSR count). The summed E-state index contributed by atoms with van der Waals surface area (Å²) in [6, 6.07) is 3.95. The maximum absolute atomic E-state index is 11.5. The molecule has 2 fully saturated rings. The molecule has 1 aromatic rings. The first-order valence-electron chi connectivity index (χ1n) is 9.18. The van der Waals surface area contributed by atoms with E-state index in [1.54, 1.807) is 6.20 Å². The first-order valence-corrected chi connectivity index (χ1v) is 9.18. The zero-order chi connectivity index (χ0) is 17.6. The average Bonchev–Trinajstić information content (AvgIpc) is 2.67. The molecule has 2 aliphatic heterocycles. The van der Waals surface area contributed by atoms with Gasteiger partial charge in [-0.15, -0.1) is 0 Å². The standard InChI is InChI=1S/C18H28N6O/c19-16(25)15-7-5-11-24(13-15)17-14(6-4-8-21-17)12-22-18(20)23-9-2-1-3-10-23/h4,6,8,15H,1-3,5,7,9-13H2,(H2,19,25)(H2,20,22). The van der Waals surface area contributed by atoms with Gasteiger partial charge in [-0.1, -0.05) is 6.07 Å². The molecule has 7 nitrogen and oxygen atoms in total. The molecule has 136 valence electrons. The molecular formula is C18H28N6O. The molecule has 0 aliphatic carbocycles. The summed E-state index contributed by atoms with van der Waals surface area (Å²) < 4.78 is 0. The number of hydrogen-bond acceptors (Lipinski definition) is 4. The number of piperidine rings is 2. The first kappa shape index (κ1) is 17.5. The van der Waals surface area contributed by atoms with Crippen LogP contribution in [-0.4, -0.2) is 47.9 Å². The number of aromatic nitrogens is 1. The number of nitrogens with two attached hydrogens (primary N) is 2. The topological polar surface area (TPSA) is 101 Å². The highest BCUT2D eigenvalue weighted by Crippen LogP contribution is 2.25. The van der Waals surface area contributed by atoms with E-state index >= 15 is 0 Å². The predicted octanol–water partition coefficient (Wildman–Crippen LogP) is 1.08. The van der Waals surface area contributed by atoms with Crippen LogP contribution in [0.4, 0.5) is 5.82 Å². The Morgan fingerprint density at radius 2 is 2.00 bits per heavy atom. The minimum absolute atomic E-state index is 0.106. The van der Waals surface area contributed by atoms with E-state index in [1.165, 1.54) is 19.3 Å². The van der Waals surface area contributed by atoms with Crippen molar-refractivity contribution < 1.29 is 4.79 Å². The van der Waals surface area contributed by atoms with Gasteiger partial charge < -0.3 is 21.3 Å². The Labute approximate surface area is 149 Å². The first-order chi connectivity index (χ1) is 12.1. The second-order valence-corrected chi connectivity index (χ2v) is 6.90. The summed E-state index contributed by atoms with van der Waals surface area (Å²) in [4.78, 5) is 25.0. The molecule has 4 N–H and O–H groups in total. The predicted molar refractivity (Wildman–Crippen MR) is 99.1 cm³/mol. The molecule has 3 heterocycles. The number of carbonyl (C=O) groups excluding carboxylic acids is 1. The number of primary amides is 1. The number of amides is 1. The Hall–Kier alpha value is -2.31. The number of nitrogens with zero attached hydrogens (tertiary/aromatic N) is 4. The summed E-state index contributed by atoms with van der Waals surface area (Å²) in [6.07, 6.45) is 7.21. The monoisotopic (exact) mass is 344 g/mol. The van der Waals surface area contributed by atoms with Crippen molar-refractivity contribution in [2.24, 2.45) is 22.4 Å². The van der Waals surface area contributed by atoms with Crippen LogP contribution in [0.1, 0.15) is 37.7 Å². The Morgan fingerprint density at radius 3 is 2.76 bits per heavy atom. The van der Waals surface area contributed by atoms with Crippen molar-refractivity contribution in [2.75, 3.05) is 31.1 Å². The molecule has 1 amide bonds. The second-order valence-electron chi connectivity index (χ2n) is 6.90. The molecule has 1 atom stereocenters. The van der Waals surface area contributed by atoms with Crippen LogP contribution >= 0.6 is 0 Å². The van der Waals surface area contributed by atoms with Gasteiger partial charge in [0.25, 0.3) is 0 Å². The Balaban J connectivity index is 1.71. The minimum Gasteiger partial charge on any atom is -0.370 e. The summed E-state index contributed by atoms with van der Waals surface area (Å²) in [5.74, 6) is 1.17. The van der Waals surface area contributed by atoms with Crippen LogP contribution in [0.15, 0.2) is 23.3 Å². The highest BCUT2D eigenvalue weighted by atomic mass is 16.1. The molecule has 0 radical (unpaired) electrons. The number of hydrogen-bond donors (Lipinski definition) is 2. The molecule has 7 heteroatoms. The summed E-state index contributed by atoms with van der Waals surface area (Å²) in [6.45, 7) is 4.00. The van der Waals surface area contributed by atoms with Gasteiger partial charge in [0.05, 0.1) is 12.5 Å². The molecule has 0 spiro atoms. The Morgan fingerprint density at radius 1 is 1.20 bits per heavy atom. The van der Waals surface area contributed by atoms with Gasteiger partial charge in [-0.05, 0) is 38.2 Å². The van der Waals surface area contributed by atoms with Crippen molar-refractivity contribution in [2.45, 2.75) is 38.6 Å². The number of carbonyl (C=O) groups is 1. The summed E-state index contributed by atoms with van der Waals surface area (Å²) in [5.41, 5.74) is 12.7. The zero-order valence-electron chi connectivity index (χ0n) is 14.7. The van der Waals surface area contributed by atoms with Crippen molar-refractivity contribution in [3.05, 3.63) is 23.9 Å². The number of pyridine rings is 1. The van der Waals surface area contributed by atoms with Crippen LogP contribution in [0, 0.1) is 5.92 Å². The van der Waals surface area contributed by atoms with Crippen LogP contribution in [0.2, 0.25) is 0 Å². The average molecular weight is 344 g/mol. The second kappa shape index (κ2) is 8.18. The quantitative estimate of drug-likeness (QED) is 0.629. The third-order valence-electron chi connectivity index (χ3n) is 5.08. The van der Waals surface area contributed by atoms with E-state index in [0.29, 0.717) is 19.0 Å². The molecule has 0 aromatic carbocycles. The van der Waals surface area contributed by atoms with E-state index in [1.807, 2.05) is 12.1 Å². The van der Waals surface area contributed by atoms with Crippen molar-refractivity contribution in [1.29, 1.82) is 0 Å². The summed E-state index contributed by atoms with van der Waals surface area (Å²) in [5, 5.41) is 0. The van der Waals surface area contributed by atoms with Gasteiger partial charge in [-0.3, -0.25) is 4.79 Å². The highest BCUT2D eigenvalue weighted by molar-refractivity contribution is 5.78.